The minimum Gasteiger partial charge on any atom is -0.459 e. The molecule has 1 aromatic rings. The summed E-state index contributed by atoms with van der Waals surface area (Å²) in [7, 11) is 1.24. The number of methoxy groups -OCH3 is 1. The number of esters is 1. The van der Waals surface area contributed by atoms with E-state index in [1.54, 1.807) is 30.3 Å². The zero-order chi connectivity index (χ0) is 13.8. The van der Waals surface area contributed by atoms with E-state index < -0.39 is 30.3 Å². The molecule has 1 fully saturated rings. The van der Waals surface area contributed by atoms with Gasteiger partial charge in [0.1, 0.15) is 12.7 Å². The highest BCUT2D eigenvalue weighted by Crippen LogP contribution is 2.21. The van der Waals surface area contributed by atoms with Crippen molar-refractivity contribution < 1.29 is 28.2 Å². The topological polar surface area (TPSA) is 61.8 Å². The van der Waals surface area contributed by atoms with Crippen LogP contribution >= 0.6 is 0 Å². The van der Waals surface area contributed by atoms with Crippen molar-refractivity contribution in [2.45, 2.75) is 18.6 Å². The molecule has 1 aliphatic rings. The Kier molecular flexibility index (Phi) is 4.24. The number of halogens is 1. The number of benzene rings is 1. The molecule has 1 saturated heterocycles. The normalized spacial score (nSPS) is 26.4. The molecule has 0 amide bonds. The number of ketones is 1. The van der Waals surface area contributed by atoms with E-state index in [9.17, 15) is 14.0 Å². The number of rotatable bonds is 4. The predicted molar refractivity (Wildman–Crippen MR) is 62.3 cm³/mol. The molecule has 3 atom stereocenters. The SMILES string of the molecule is CO[C@H]1O[C@H](COC(=O)c2ccccc2)[C@@H](F)C1=O. The molecule has 102 valence electrons. The van der Waals surface area contributed by atoms with Crippen LogP contribution in [-0.4, -0.2) is 44.0 Å². The summed E-state index contributed by atoms with van der Waals surface area (Å²) in [5.41, 5.74) is 0.352. The fourth-order valence-electron chi connectivity index (χ4n) is 1.72. The molecular weight excluding hydrogens is 255 g/mol. The van der Waals surface area contributed by atoms with Crippen LogP contribution in [0.3, 0.4) is 0 Å². The van der Waals surface area contributed by atoms with Gasteiger partial charge in [0.2, 0.25) is 12.1 Å². The second-order valence-corrected chi connectivity index (χ2v) is 4.01. The Morgan fingerprint density at radius 2 is 2.05 bits per heavy atom. The fraction of sp³-hybridized carbons (Fsp3) is 0.385. The van der Waals surface area contributed by atoms with E-state index in [2.05, 4.69) is 4.74 Å². The average molecular weight is 268 g/mol. The number of carbonyl (C=O) groups excluding carboxylic acids is 2. The van der Waals surface area contributed by atoms with Crippen LogP contribution in [-0.2, 0) is 19.0 Å². The molecule has 1 heterocycles. The van der Waals surface area contributed by atoms with Gasteiger partial charge in [0, 0.05) is 7.11 Å². The van der Waals surface area contributed by atoms with Crippen molar-refractivity contribution >= 4 is 11.8 Å². The van der Waals surface area contributed by atoms with Crippen LogP contribution in [0.4, 0.5) is 4.39 Å². The van der Waals surface area contributed by atoms with E-state index in [0.29, 0.717) is 5.56 Å². The first-order valence-electron chi connectivity index (χ1n) is 5.71. The molecule has 0 aliphatic carbocycles. The second kappa shape index (κ2) is 5.90. The highest BCUT2D eigenvalue weighted by molar-refractivity contribution is 5.90. The predicted octanol–water partition coefficient (Wildman–Crippen LogP) is 1.12. The molecule has 0 saturated carbocycles. The molecule has 1 aliphatic heterocycles. The lowest BCUT2D eigenvalue weighted by atomic mass is 10.2. The largest absolute Gasteiger partial charge is 0.459 e. The smallest absolute Gasteiger partial charge is 0.338 e. The van der Waals surface area contributed by atoms with Gasteiger partial charge in [-0.3, -0.25) is 4.79 Å². The van der Waals surface area contributed by atoms with Gasteiger partial charge in [-0.25, -0.2) is 9.18 Å². The molecule has 0 radical (unpaired) electrons. The lowest BCUT2D eigenvalue weighted by Gasteiger charge is -2.12. The maximum atomic E-state index is 13.5. The third-order valence-electron chi connectivity index (χ3n) is 2.73. The lowest BCUT2D eigenvalue weighted by molar-refractivity contribution is -0.152. The van der Waals surface area contributed by atoms with Crippen molar-refractivity contribution in [2.24, 2.45) is 0 Å². The third kappa shape index (κ3) is 2.97. The third-order valence-corrected chi connectivity index (χ3v) is 2.73. The quantitative estimate of drug-likeness (QED) is 0.766. The van der Waals surface area contributed by atoms with Crippen molar-refractivity contribution in [3.05, 3.63) is 35.9 Å². The van der Waals surface area contributed by atoms with Gasteiger partial charge in [-0.15, -0.1) is 0 Å². The summed E-state index contributed by atoms with van der Waals surface area (Å²) in [6, 6.07) is 8.29. The number of alkyl halides is 1. The molecule has 0 bridgehead atoms. The molecule has 2 rings (SSSR count). The minimum absolute atomic E-state index is 0.333. The zero-order valence-corrected chi connectivity index (χ0v) is 10.2. The van der Waals surface area contributed by atoms with E-state index >= 15 is 0 Å². The second-order valence-electron chi connectivity index (χ2n) is 4.01. The van der Waals surface area contributed by atoms with Crippen molar-refractivity contribution in [1.82, 2.24) is 0 Å². The molecule has 1 aromatic carbocycles. The number of carbonyl (C=O) groups is 2. The van der Waals surface area contributed by atoms with Crippen molar-refractivity contribution in [1.29, 1.82) is 0 Å². The summed E-state index contributed by atoms with van der Waals surface area (Å²) < 4.78 is 28.1. The zero-order valence-electron chi connectivity index (χ0n) is 10.2. The van der Waals surface area contributed by atoms with Crippen molar-refractivity contribution in [3.8, 4) is 0 Å². The molecule has 0 spiro atoms. The standard InChI is InChI=1S/C13H13FO5/c1-17-13-11(15)10(14)9(19-13)7-18-12(16)8-5-3-2-4-6-8/h2-6,9-10,13H,7H2,1H3/t9-,10-,13+/m1/s1. The van der Waals surface area contributed by atoms with E-state index in [-0.39, 0.29) is 6.61 Å². The molecule has 19 heavy (non-hydrogen) atoms. The van der Waals surface area contributed by atoms with Gasteiger partial charge in [0.25, 0.3) is 0 Å². The van der Waals surface area contributed by atoms with E-state index in [4.69, 9.17) is 9.47 Å². The van der Waals surface area contributed by atoms with E-state index in [0.717, 1.165) is 0 Å². The maximum absolute atomic E-state index is 13.5. The van der Waals surface area contributed by atoms with Gasteiger partial charge in [-0.2, -0.15) is 0 Å². The molecule has 6 heteroatoms. The van der Waals surface area contributed by atoms with Crippen LogP contribution < -0.4 is 0 Å². The summed E-state index contributed by atoms with van der Waals surface area (Å²) in [5.74, 6) is -1.38. The summed E-state index contributed by atoms with van der Waals surface area (Å²) in [6.07, 6.45) is -4.19. The Bertz CT molecular complexity index is 461. The van der Waals surface area contributed by atoms with Crippen LogP contribution in [0.1, 0.15) is 10.4 Å². The Morgan fingerprint density at radius 3 is 2.63 bits per heavy atom. The summed E-state index contributed by atoms with van der Waals surface area (Å²) in [6.45, 7) is -0.333. The monoisotopic (exact) mass is 268 g/mol. The highest BCUT2D eigenvalue weighted by Gasteiger charge is 2.44. The van der Waals surface area contributed by atoms with Crippen molar-refractivity contribution in [2.75, 3.05) is 13.7 Å². The first-order valence-corrected chi connectivity index (χ1v) is 5.71. The maximum Gasteiger partial charge on any atom is 0.338 e. The van der Waals surface area contributed by atoms with Gasteiger partial charge >= 0.3 is 5.97 Å². The summed E-state index contributed by atoms with van der Waals surface area (Å²) >= 11 is 0. The number of Topliss-reactive ketones (excluding diaryl/α,β-unsaturated/α-hetero) is 1. The number of ether oxygens (including phenoxy) is 3. The van der Waals surface area contributed by atoms with E-state index in [1.807, 2.05) is 0 Å². The Hall–Kier alpha value is -1.79. The average Bonchev–Trinajstić information content (AvgIpc) is 2.73. The molecule has 0 aromatic heterocycles. The molecular formula is C13H13FO5. The molecule has 0 unspecified atom stereocenters. The Morgan fingerprint density at radius 1 is 1.37 bits per heavy atom. The van der Waals surface area contributed by atoms with Gasteiger partial charge < -0.3 is 14.2 Å². The molecule has 5 nitrogen and oxygen atoms in total. The first kappa shape index (κ1) is 13.6. The Balaban J connectivity index is 1.90. The van der Waals surface area contributed by atoms with Crippen molar-refractivity contribution in [3.63, 3.8) is 0 Å². The number of hydrogen-bond acceptors (Lipinski definition) is 5. The molecule has 0 N–H and O–H groups in total. The van der Waals surface area contributed by atoms with Gasteiger partial charge in [-0.05, 0) is 12.1 Å². The highest BCUT2D eigenvalue weighted by atomic mass is 19.1. The lowest BCUT2D eigenvalue weighted by Crippen LogP contribution is -2.28. The summed E-state index contributed by atoms with van der Waals surface area (Å²) in [5, 5.41) is 0. The van der Waals surface area contributed by atoms with Crippen LogP contribution in [0.15, 0.2) is 30.3 Å². The van der Waals surface area contributed by atoms with Crippen LogP contribution in [0, 0.1) is 0 Å². The van der Waals surface area contributed by atoms with E-state index in [1.165, 1.54) is 7.11 Å². The van der Waals surface area contributed by atoms with Crippen LogP contribution in [0.25, 0.3) is 0 Å². The fourth-order valence-corrected chi connectivity index (χ4v) is 1.72. The Labute approximate surface area is 109 Å². The van der Waals surface area contributed by atoms with Crippen LogP contribution in [0.2, 0.25) is 0 Å². The van der Waals surface area contributed by atoms with Crippen LogP contribution in [0.5, 0.6) is 0 Å². The minimum atomic E-state index is -1.84. The number of hydrogen-bond donors (Lipinski definition) is 0. The van der Waals surface area contributed by atoms with Gasteiger partial charge in [0.05, 0.1) is 5.56 Å². The van der Waals surface area contributed by atoms with Gasteiger partial charge in [0.15, 0.2) is 6.17 Å². The first-order chi connectivity index (χ1) is 9.13. The van der Waals surface area contributed by atoms with Gasteiger partial charge in [-0.1, -0.05) is 18.2 Å². The summed E-state index contributed by atoms with van der Waals surface area (Å²) in [4.78, 5) is 22.9.